The van der Waals surface area contributed by atoms with Gasteiger partial charge < -0.3 is 9.73 Å². The molecule has 18 heavy (non-hydrogen) atoms. The Kier molecular flexibility index (Phi) is 3.69. The Morgan fingerprint density at radius 3 is 2.72 bits per heavy atom. The first kappa shape index (κ1) is 12.3. The number of nitro groups is 1. The van der Waals surface area contributed by atoms with E-state index in [0.29, 0.717) is 12.3 Å². The number of hydrogen-bond donors (Lipinski definition) is 1. The van der Waals surface area contributed by atoms with E-state index < -0.39 is 4.92 Å². The van der Waals surface area contributed by atoms with Crippen molar-refractivity contribution in [2.75, 3.05) is 0 Å². The van der Waals surface area contributed by atoms with Crippen LogP contribution in [-0.2, 0) is 6.54 Å². The summed E-state index contributed by atoms with van der Waals surface area (Å²) in [5.41, 5.74) is 1.10. The van der Waals surface area contributed by atoms with Gasteiger partial charge in [-0.3, -0.25) is 15.1 Å². The van der Waals surface area contributed by atoms with Gasteiger partial charge in [-0.05, 0) is 30.7 Å². The number of nitrogens with one attached hydrogen (secondary N) is 1. The van der Waals surface area contributed by atoms with Gasteiger partial charge >= 0.3 is 5.88 Å². The van der Waals surface area contributed by atoms with Crippen molar-refractivity contribution in [2.45, 2.75) is 19.5 Å². The SMILES string of the molecule is CC(NCc1ccc([N+](=O)[O-])o1)c1ccncc1. The van der Waals surface area contributed by atoms with Gasteiger partial charge in [0.1, 0.15) is 10.7 Å². The van der Waals surface area contributed by atoms with Gasteiger partial charge in [0.15, 0.2) is 0 Å². The average molecular weight is 247 g/mol. The zero-order valence-electron chi connectivity index (χ0n) is 9.87. The van der Waals surface area contributed by atoms with Crippen molar-refractivity contribution in [3.63, 3.8) is 0 Å². The largest absolute Gasteiger partial charge is 0.433 e. The minimum atomic E-state index is -0.546. The summed E-state index contributed by atoms with van der Waals surface area (Å²) in [6.07, 6.45) is 3.45. The predicted octanol–water partition coefficient (Wildman–Crippen LogP) is 2.43. The van der Waals surface area contributed by atoms with Crippen LogP contribution in [0.15, 0.2) is 41.1 Å². The molecule has 0 bridgehead atoms. The summed E-state index contributed by atoms with van der Waals surface area (Å²) >= 11 is 0. The first-order valence-corrected chi connectivity index (χ1v) is 5.53. The van der Waals surface area contributed by atoms with Gasteiger partial charge in [-0.25, -0.2) is 0 Å². The minimum absolute atomic E-state index is 0.122. The van der Waals surface area contributed by atoms with E-state index in [9.17, 15) is 10.1 Å². The number of nitrogens with zero attached hydrogens (tertiary/aromatic N) is 2. The highest BCUT2D eigenvalue weighted by Gasteiger charge is 2.12. The fourth-order valence-electron chi connectivity index (χ4n) is 1.58. The maximum Gasteiger partial charge on any atom is 0.433 e. The van der Waals surface area contributed by atoms with Gasteiger partial charge in [0, 0.05) is 18.4 Å². The highest BCUT2D eigenvalue weighted by atomic mass is 16.6. The molecule has 0 aliphatic carbocycles. The van der Waals surface area contributed by atoms with Crippen LogP contribution in [0.5, 0.6) is 0 Å². The molecule has 2 aromatic heterocycles. The number of pyridine rings is 1. The second-order valence-corrected chi connectivity index (χ2v) is 3.88. The second-order valence-electron chi connectivity index (χ2n) is 3.88. The molecule has 2 rings (SSSR count). The van der Waals surface area contributed by atoms with Crippen LogP contribution >= 0.6 is 0 Å². The number of furan rings is 1. The molecule has 1 N–H and O–H groups in total. The van der Waals surface area contributed by atoms with E-state index >= 15 is 0 Å². The fraction of sp³-hybridized carbons (Fsp3) is 0.250. The van der Waals surface area contributed by atoms with E-state index in [1.165, 1.54) is 6.07 Å². The Labute approximate surface area is 104 Å². The van der Waals surface area contributed by atoms with Gasteiger partial charge in [-0.2, -0.15) is 0 Å². The summed E-state index contributed by atoms with van der Waals surface area (Å²) in [5.74, 6) is 0.311. The molecular formula is C12H13N3O3. The summed E-state index contributed by atoms with van der Waals surface area (Å²) < 4.78 is 5.06. The van der Waals surface area contributed by atoms with Crippen molar-refractivity contribution in [3.05, 3.63) is 58.1 Å². The lowest BCUT2D eigenvalue weighted by Gasteiger charge is -2.12. The third-order valence-electron chi connectivity index (χ3n) is 2.62. The Balaban J connectivity index is 1.93. The average Bonchev–Trinajstić information content (AvgIpc) is 2.86. The molecule has 0 aromatic carbocycles. The van der Waals surface area contributed by atoms with Crippen molar-refractivity contribution >= 4 is 5.88 Å². The molecule has 0 spiro atoms. The van der Waals surface area contributed by atoms with Gasteiger partial charge in [-0.1, -0.05) is 0 Å². The number of rotatable bonds is 5. The van der Waals surface area contributed by atoms with Crippen molar-refractivity contribution in [3.8, 4) is 0 Å². The summed E-state index contributed by atoms with van der Waals surface area (Å²) in [6.45, 7) is 2.45. The smallest absolute Gasteiger partial charge is 0.404 e. The monoisotopic (exact) mass is 247 g/mol. The highest BCUT2D eigenvalue weighted by molar-refractivity contribution is 5.18. The van der Waals surface area contributed by atoms with Gasteiger partial charge in [0.2, 0.25) is 0 Å². The lowest BCUT2D eigenvalue weighted by atomic mass is 10.1. The molecule has 0 saturated heterocycles. The van der Waals surface area contributed by atoms with Crippen LogP contribution in [0.2, 0.25) is 0 Å². The summed E-state index contributed by atoms with van der Waals surface area (Å²) in [4.78, 5) is 13.9. The highest BCUT2D eigenvalue weighted by Crippen LogP contribution is 2.17. The third-order valence-corrected chi connectivity index (χ3v) is 2.62. The lowest BCUT2D eigenvalue weighted by molar-refractivity contribution is -0.402. The minimum Gasteiger partial charge on any atom is -0.404 e. The zero-order valence-corrected chi connectivity index (χ0v) is 9.87. The van der Waals surface area contributed by atoms with E-state index in [1.807, 2.05) is 19.1 Å². The van der Waals surface area contributed by atoms with Crippen LogP contribution in [0.3, 0.4) is 0 Å². The first-order valence-electron chi connectivity index (χ1n) is 5.53. The Bertz CT molecular complexity index is 524. The molecule has 0 saturated carbocycles. The molecular weight excluding hydrogens is 234 g/mol. The van der Waals surface area contributed by atoms with Gasteiger partial charge in [0.05, 0.1) is 12.6 Å². The molecule has 1 atom stereocenters. The molecule has 6 heteroatoms. The van der Waals surface area contributed by atoms with Crippen LogP contribution < -0.4 is 5.32 Å². The molecule has 0 aliphatic rings. The Morgan fingerprint density at radius 2 is 2.11 bits per heavy atom. The van der Waals surface area contributed by atoms with E-state index in [1.54, 1.807) is 18.5 Å². The normalized spacial score (nSPS) is 12.3. The summed E-state index contributed by atoms with van der Waals surface area (Å²) in [6, 6.07) is 6.92. The molecule has 6 nitrogen and oxygen atoms in total. The van der Waals surface area contributed by atoms with E-state index in [-0.39, 0.29) is 11.9 Å². The Hall–Kier alpha value is -2.21. The number of hydrogen-bond acceptors (Lipinski definition) is 5. The van der Waals surface area contributed by atoms with Crippen LogP contribution in [0.4, 0.5) is 5.88 Å². The van der Waals surface area contributed by atoms with Crippen molar-refractivity contribution in [1.29, 1.82) is 0 Å². The maximum atomic E-state index is 10.5. The standard InChI is InChI=1S/C12H13N3O3/c1-9(10-4-6-13-7-5-10)14-8-11-2-3-12(18-11)15(16)17/h2-7,9,14H,8H2,1H3. The van der Waals surface area contributed by atoms with Crippen LogP contribution in [0.1, 0.15) is 24.3 Å². The molecule has 2 aromatic rings. The maximum absolute atomic E-state index is 10.5. The van der Waals surface area contributed by atoms with E-state index in [2.05, 4.69) is 10.3 Å². The van der Waals surface area contributed by atoms with Crippen LogP contribution in [0.25, 0.3) is 0 Å². The molecule has 0 fully saturated rings. The van der Waals surface area contributed by atoms with Crippen LogP contribution in [-0.4, -0.2) is 9.91 Å². The molecule has 0 amide bonds. The van der Waals surface area contributed by atoms with Gasteiger partial charge in [0.25, 0.3) is 0 Å². The second kappa shape index (κ2) is 5.42. The first-order chi connectivity index (χ1) is 8.66. The summed E-state index contributed by atoms with van der Waals surface area (Å²) in [7, 11) is 0. The van der Waals surface area contributed by atoms with Gasteiger partial charge in [-0.15, -0.1) is 0 Å². The van der Waals surface area contributed by atoms with E-state index in [0.717, 1.165) is 5.56 Å². The Morgan fingerprint density at radius 1 is 1.39 bits per heavy atom. The number of aromatic nitrogens is 1. The molecule has 0 radical (unpaired) electrons. The zero-order chi connectivity index (χ0) is 13.0. The van der Waals surface area contributed by atoms with Crippen molar-refractivity contribution in [1.82, 2.24) is 10.3 Å². The van der Waals surface area contributed by atoms with Crippen molar-refractivity contribution in [2.24, 2.45) is 0 Å². The topological polar surface area (TPSA) is 81.2 Å². The van der Waals surface area contributed by atoms with Crippen molar-refractivity contribution < 1.29 is 9.34 Å². The van der Waals surface area contributed by atoms with Crippen LogP contribution in [0, 0.1) is 10.1 Å². The quantitative estimate of drug-likeness (QED) is 0.648. The summed E-state index contributed by atoms with van der Waals surface area (Å²) in [5, 5.41) is 13.7. The molecule has 2 heterocycles. The third kappa shape index (κ3) is 2.92. The predicted molar refractivity (Wildman–Crippen MR) is 64.9 cm³/mol. The fourth-order valence-corrected chi connectivity index (χ4v) is 1.58. The molecule has 0 aliphatic heterocycles. The molecule has 1 unspecified atom stereocenters. The lowest BCUT2D eigenvalue weighted by Crippen LogP contribution is -2.17. The van der Waals surface area contributed by atoms with E-state index in [4.69, 9.17) is 4.42 Å². The molecule has 94 valence electrons.